The summed E-state index contributed by atoms with van der Waals surface area (Å²) >= 11 is 0. The maximum absolute atomic E-state index is 13.5. The summed E-state index contributed by atoms with van der Waals surface area (Å²) in [6.45, 7) is 1.13. The molecule has 0 aliphatic rings. The van der Waals surface area contributed by atoms with Crippen LogP contribution in [0.5, 0.6) is 5.75 Å². The van der Waals surface area contributed by atoms with Crippen molar-refractivity contribution < 1.29 is 32.3 Å². The molecule has 0 saturated carbocycles. The molecule has 0 aromatic heterocycles. The molecule has 0 heterocycles. The molecular weight excluding hydrogens is 391 g/mol. The third kappa shape index (κ3) is 5.96. The second kappa shape index (κ2) is 10.1. The van der Waals surface area contributed by atoms with Crippen molar-refractivity contribution in [2.75, 3.05) is 25.0 Å². The Kier molecular flexibility index (Phi) is 7.58. The number of amides is 3. The Hall–Kier alpha value is -3.56. The van der Waals surface area contributed by atoms with Gasteiger partial charge in [-0.1, -0.05) is 12.1 Å². The first kappa shape index (κ1) is 21.7. The van der Waals surface area contributed by atoms with Gasteiger partial charge in [-0.05, 0) is 31.2 Å². The van der Waals surface area contributed by atoms with Crippen molar-refractivity contribution in [2.45, 2.75) is 6.92 Å². The van der Waals surface area contributed by atoms with Gasteiger partial charge >= 0.3 is 0 Å². The van der Waals surface area contributed by atoms with Gasteiger partial charge in [0.2, 0.25) is 11.8 Å². The highest BCUT2D eigenvalue weighted by Gasteiger charge is 2.16. The predicted molar refractivity (Wildman–Crippen MR) is 97.9 cm³/mol. The smallest absolute Gasteiger partial charge is 0.255 e. The van der Waals surface area contributed by atoms with Crippen molar-refractivity contribution >= 4 is 23.4 Å². The zero-order chi connectivity index (χ0) is 21.4. The molecule has 0 unspecified atom stereocenters. The van der Waals surface area contributed by atoms with E-state index in [1.165, 1.54) is 6.07 Å². The van der Waals surface area contributed by atoms with Gasteiger partial charge < -0.3 is 20.7 Å². The zero-order valence-corrected chi connectivity index (χ0v) is 15.4. The Morgan fingerprint density at radius 2 is 1.59 bits per heavy atom. The Balaban J connectivity index is 1.82. The van der Waals surface area contributed by atoms with Crippen LogP contribution in [0.15, 0.2) is 36.4 Å². The summed E-state index contributed by atoms with van der Waals surface area (Å²) < 4.78 is 44.8. The number of hydrogen-bond donors (Lipinski definition) is 3. The lowest BCUT2D eigenvalue weighted by molar-refractivity contribution is -0.123. The molecule has 7 nitrogen and oxygen atoms in total. The normalized spacial score (nSPS) is 10.2. The zero-order valence-electron chi connectivity index (χ0n) is 15.4. The summed E-state index contributed by atoms with van der Waals surface area (Å²) in [5.74, 6) is -6.40. The lowest BCUT2D eigenvalue weighted by Gasteiger charge is -2.11. The van der Waals surface area contributed by atoms with Crippen molar-refractivity contribution in [3.05, 3.63) is 59.4 Å². The Bertz CT molecular complexity index is 922. The molecule has 154 valence electrons. The van der Waals surface area contributed by atoms with Gasteiger partial charge in [0.15, 0.2) is 17.5 Å². The molecule has 0 saturated heterocycles. The Labute approximate surface area is 164 Å². The number of carbonyl (C=O) groups is 3. The Morgan fingerprint density at radius 1 is 0.897 bits per heavy atom. The third-order valence-electron chi connectivity index (χ3n) is 3.60. The molecule has 2 aromatic carbocycles. The fraction of sp³-hybridized carbons (Fsp3) is 0.211. The van der Waals surface area contributed by atoms with Crippen LogP contribution in [0.2, 0.25) is 0 Å². The van der Waals surface area contributed by atoms with E-state index in [0.717, 1.165) is 6.07 Å². The second-order valence-corrected chi connectivity index (χ2v) is 5.66. The van der Waals surface area contributed by atoms with E-state index in [-0.39, 0.29) is 5.56 Å². The first-order valence-electron chi connectivity index (χ1n) is 8.53. The van der Waals surface area contributed by atoms with Crippen molar-refractivity contribution in [2.24, 2.45) is 0 Å². The van der Waals surface area contributed by atoms with Crippen molar-refractivity contribution in [3.8, 4) is 5.75 Å². The maximum Gasteiger partial charge on any atom is 0.255 e. The number of anilines is 1. The molecule has 29 heavy (non-hydrogen) atoms. The van der Waals surface area contributed by atoms with E-state index in [0.29, 0.717) is 18.4 Å². The molecule has 0 bridgehead atoms. The van der Waals surface area contributed by atoms with Gasteiger partial charge in [-0.15, -0.1) is 0 Å². The van der Waals surface area contributed by atoms with Crippen LogP contribution in [-0.2, 0) is 9.59 Å². The summed E-state index contributed by atoms with van der Waals surface area (Å²) in [4.78, 5) is 35.7. The summed E-state index contributed by atoms with van der Waals surface area (Å²) in [6, 6.07) is 7.98. The number of para-hydroxylation sites is 1. The van der Waals surface area contributed by atoms with E-state index in [2.05, 4.69) is 10.6 Å². The largest absolute Gasteiger partial charge is 0.493 e. The highest BCUT2D eigenvalue weighted by Crippen LogP contribution is 2.19. The Morgan fingerprint density at radius 3 is 2.31 bits per heavy atom. The fourth-order valence-electron chi connectivity index (χ4n) is 2.25. The van der Waals surface area contributed by atoms with Gasteiger partial charge in [-0.25, -0.2) is 13.2 Å². The summed E-state index contributed by atoms with van der Waals surface area (Å²) in [5, 5.41) is 6.59. The predicted octanol–water partition coefficient (Wildman–Crippen LogP) is 1.99. The van der Waals surface area contributed by atoms with Gasteiger partial charge in [-0.3, -0.25) is 14.4 Å². The number of hydrogen-bond acceptors (Lipinski definition) is 4. The maximum atomic E-state index is 13.5. The number of nitrogens with one attached hydrogen (secondary N) is 3. The third-order valence-corrected chi connectivity index (χ3v) is 3.60. The van der Waals surface area contributed by atoms with E-state index < -0.39 is 54.0 Å². The topological polar surface area (TPSA) is 96.5 Å². The molecule has 0 radical (unpaired) electrons. The number of halogens is 3. The SMILES string of the molecule is CCOc1ccccc1C(=O)NCC(=O)NCC(=O)Nc1ccc(F)c(F)c1F. The summed E-state index contributed by atoms with van der Waals surface area (Å²) in [5.41, 5.74) is -0.322. The second-order valence-electron chi connectivity index (χ2n) is 5.66. The molecule has 10 heteroatoms. The lowest BCUT2D eigenvalue weighted by Crippen LogP contribution is -2.40. The first-order valence-corrected chi connectivity index (χ1v) is 8.53. The van der Waals surface area contributed by atoms with Crippen molar-refractivity contribution in [3.63, 3.8) is 0 Å². The molecule has 3 amide bonds. The number of rotatable bonds is 8. The van der Waals surface area contributed by atoms with Gasteiger partial charge in [0.1, 0.15) is 5.75 Å². The minimum absolute atomic E-state index is 0.244. The van der Waals surface area contributed by atoms with Crippen LogP contribution < -0.4 is 20.7 Å². The minimum atomic E-state index is -1.72. The van der Waals surface area contributed by atoms with Crippen LogP contribution in [0.25, 0.3) is 0 Å². The van der Waals surface area contributed by atoms with Crippen molar-refractivity contribution in [1.82, 2.24) is 10.6 Å². The molecule has 0 spiro atoms. The number of benzene rings is 2. The average molecular weight is 409 g/mol. The fourth-order valence-corrected chi connectivity index (χ4v) is 2.25. The highest BCUT2D eigenvalue weighted by molar-refractivity contribution is 5.99. The lowest BCUT2D eigenvalue weighted by atomic mass is 10.2. The van der Waals surface area contributed by atoms with E-state index in [9.17, 15) is 27.6 Å². The quantitative estimate of drug-likeness (QED) is 0.581. The minimum Gasteiger partial charge on any atom is -0.493 e. The van der Waals surface area contributed by atoms with E-state index in [4.69, 9.17) is 4.74 Å². The van der Waals surface area contributed by atoms with Crippen LogP contribution >= 0.6 is 0 Å². The van der Waals surface area contributed by atoms with Crippen LogP contribution in [0, 0.1) is 17.5 Å². The highest BCUT2D eigenvalue weighted by atomic mass is 19.2. The van der Waals surface area contributed by atoms with Gasteiger partial charge in [0.05, 0.1) is 30.9 Å². The van der Waals surface area contributed by atoms with E-state index in [1.54, 1.807) is 25.1 Å². The van der Waals surface area contributed by atoms with Crippen LogP contribution in [0.4, 0.5) is 18.9 Å². The van der Waals surface area contributed by atoms with Crippen molar-refractivity contribution in [1.29, 1.82) is 0 Å². The summed E-state index contributed by atoms with van der Waals surface area (Å²) in [6.07, 6.45) is 0. The molecule has 0 aliphatic carbocycles. The average Bonchev–Trinajstić information content (AvgIpc) is 2.71. The molecule has 0 atom stereocenters. The number of ether oxygens (including phenoxy) is 1. The standard InChI is InChI=1S/C19H18F3N3O4/c1-2-29-14-6-4-3-5-11(14)19(28)24-9-15(26)23-10-16(27)25-13-8-7-12(20)17(21)18(13)22/h3-8H,2,9-10H2,1H3,(H,23,26)(H,24,28)(H,25,27). The van der Waals surface area contributed by atoms with E-state index in [1.807, 2.05) is 5.32 Å². The molecule has 2 rings (SSSR count). The molecule has 2 aromatic rings. The molecular formula is C19H18F3N3O4. The molecule has 0 aliphatic heterocycles. The van der Waals surface area contributed by atoms with Gasteiger partial charge in [0, 0.05) is 0 Å². The van der Waals surface area contributed by atoms with Gasteiger partial charge in [-0.2, -0.15) is 0 Å². The first-order chi connectivity index (χ1) is 13.8. The number of carbonyl (C=O) groups excluding carboxylic acids is 3. The summed E-state index contributed by atoms with van der Waals surface area (Å²) in [7, 11) is 0. The van der Waals surface area contributed by atoms with Gasteiger partial charge in [0.25, 0.3) is 5.91 Å². The van der Waals surface area contributed by atoms with Crippen LogP contribution in [0.3, 0.4) is 0 Å². The van der Waals surface area contributed by atoms with Crippen LogP contribution in [0.1, 0.15) is 17.3 Å². The van der Waals surface area contributed by atoms with E-state index >= 15 is 0 Å². The molecule has 3 N–H and O–H groups in total. The van der Waals surface area contributed by atoms with Crippen LogP contribution in [-0.4, -0.2) is 37.4 Å². The molecule has 0 fully saturated rings. The monoisotopic (exact) mass is 409 g/mol.